The van der Waals surface area contributed by atoms with Crippen LogP contribution in [0.25, 0.3) is 11.0 Å². The average Bonchev–Trinajstić information content (AvgIpc) is 3.18. The Morgan fingerprint density at radius 2 is 1.88 bits per heavy atom. The molecule has 176 valence electrons. The molecule has 0 amide bonds. The van der Waals surface area contributed by atoms with Crippen molar-refractivity contribution in [1.29, 1.82) is 0 Å². The van der Waals surface area contributed by atoms with Crippen molar-refractivity contribution in [3.63, 3.8) is 0 Å². The van der Waals surface area contributed by atoms with Crippen LogP contribution in [-0.2, 0) is 11.3 Å². The summed E-state index contributed by atoms with van der Waals surface area (Å²) in [7, 11) is 0. The molecular formula is C25H35N5O2Sn. The molecule has 0 saturated carbocycles. The number of rotatable bonds is 7. The first-order chi connectivity index (χ1) is 15.9. The van der Waals surface area contributed by atoms with E-state index in [0.29, 0.717) is 12.3 Å². The monoisotopic (exact) mass is 557 g/mol. The minimum atomic E-state index is -2.06. The molecule has 0 aromatic carbocycles. The van der Waals surface area contributed by atoms with Crippen LogP contribution in [0.4, 0.5) is 10.6 Å². The summed E-state index contributed by atoms with van der Waals surface area (Å²) in [6.07, 6.45) is 7.23. The summed E-state index contributed by atoms with van der Waals surface area (Å²) < 4.78 is 8.45. The second-order valence-corrected chi connectivity index (χ2v) is 24.3. The van der Waals surface area contributed by atoms with Gasteiger partial charge >= 0.3 is 148 Å². The summed E-state index contributed by atoms with van der Waals surface area (Å²) >= 11 is -2.06. The molecule has 0 N–H and O–H groups in total. The van der Waals surface area contributed by atoms with Crippen molar-refractivity contribution in [2.45, 2.75) is 41.1 Å². The van der Waals surface area contributed by atoms with E-state index in [1.165, 1.54) is 3.58 Å². The fourth-order valence-electron chi connectivity index (χ4n) is 4.16. The van der Waals surface area contributed by atoms with Crippen LogP contribution >= 0.6 is 0 Å². The second kappa shape index (κ2) is 10.4. The number of hydrogen-bond donors (Lipinski definition) is 0. The number of anilines is 1. The first-order valence-electron chi connectivity index (χ1n) is 11.9. The van der Waals surface area contributed by atoms with Gasteiger partial charge in [0.15, 0.2) is 0 Å². The van der Waals surface area contributed by atoms with E-state index < -0.39 is 18.4 Å². The summed E-state index contributed by atoms with van der Waals surface area (Å²) in [6, 6.07) is 8.44. The van der Waals surface area contributed by atoms with Crippen LogP contribution in [-0.4, -0.2) is 76.7 Å². The third-order valence-corrected chi connectivity index (χ3v) is 12.1. The summed E-state index contributed by atoms with van der Waals surface area (Å²) in [5.41, 5.74) is 1.78. The molecule has 1 aliphatic rings. The Labute approximate surface area is 200 Å². The van der Waals surface area contributed by atoms with Crippen molar-refractivity contribution in [1.82, 2.24) is 19.4 Å². The van der Waals surface area contributed by atoms with Gasteiger partial charge in [-0.15, -0.1) is 0 Å². The van der Waals surface area contributed by atoms with Crippen LogP contribution < -0.4 is 8.48 Å². The first-order valence-corrected chi connectivity index (χ1v) is 21.9. The molecule has 0 bridgehead atoms. The van der Waals surface area contributed by atoms with Crippen molar-refractivity contribution in [3.05, 3.63) is 48.4 Å². The van der Waals surface area contributed by atoms with Gasteiger partial charge in [-0.2, -0.15) is 0 Å². The molecule has 4 heterocycles. The normalized spacial score (nSPS) is 15.2. The van der Waals surface area contributed by atoms with E-state index in [1.807, 2.05) is 18.3 Å². The standard InChI is InChI=1S/C22H26N5O2.3CH3.Sn/c1-2-3-15-29-22(28)27-17-18(19-7-6-10-24-21(19)27)16-25-11-13-26(14-12-25)20-8-4-5-9-23-20;;;;/h4,6-10,17H,2-3,11-16H2,1H3;3*1H3;. The molecule has 0 unspecified atom stereocenters. The molecular weight excluding hydrogens is 521 g/mol. The van der Waals surface area contributed by atoms with Gasteiger partial charge in [0.2, 0.25) is 0 Å². The molecule has 1 saturated heterocycles. The Balaban J connectivity index is 1.41. The topological polar surface area (TPSA) is 63.5 Å². The van der Waals surface area contributed by atoms with Gasteiger partial charge in [0.05, 0.1) is 6.61 Å². The molecule has 8 heteroatoms. The Hall–Kier alpha value is -2.13. The Morgan fingerprint density at radius 1 is 1.09 bits per heavy atom. The van der Waals surface area contributed by atoms with Gasteiger partial charge in [0.1, 0.15) is 0 Å². The van der Waals surface area contributed by atoms with Gasteiger partial charge in [-0.3, -0.25) is 0 Å². The zero-order valence-corrected chi connectivity index (χ0v) is 23.1. The third kappa shape index (κ3) is 5.69. The van der Waals surface area contributed by atoms with Crippen molar-refractivity contribution in [3.8, 4) is 0 Å². The van der Waals surface area contributed by atoms with Gasteiger partial charge in [-0.1, -0.05) is 13.3 Å². The van der Waals surface area contributed by atoms with Crippen LogP contribution in [0.15, 0.2) is 42.9 Å². The number of unbranched alkanes of at least 4 members (excludes halogenated alkanes) is 1. The number of hydrogen-bond acceptors (Lipinski definition) is 6. The number of nitrogens with zero attached hydrogens (tertiary/aromatic N) is 5. The Kier molecular flexibility index (Phi) is 7.58. The number of aromatic nitrogens is 3. The molecule has 33 heavy (non-hydrogen) atoms. The van der Waals surface area contributed by atoms with Gasteiger partial charge in [0, 0.05) is 6.20 Å². The summed E-state index contributed by atoms with van der Waals surface area (Å²) in [5, 5.41) is 1.01. The number of carbonyl (C=O) groups is 1. The molecule has 3 aromatic rings. The van der Waals surface area contributed by atoms with Gasteiger partial charge in [-0.25, -0.2) is 9.78 Å². The predicted octanol–water partition coefficient (Wildman–Crippen LogP) is 4.08. The fourth-order valence-corrected chi connectivity index (χ4v) is 7.11. The van der Waals surface area contributed by atoms with Gasteiger partial charge in [-0.05, 0) is 12.5 Å². The van der Waals surface area contributed by atoms with E-state index >= 15 is 0 Å². The van der Waals surface area contributed by atoms with Crippen molar-refractivity contribution in [2.75, 3.05) is 37.7 Å². The van der Waals surface area contributed by atoms with Crippen LogP contribution in [0, 0.1) is 0 Å². The SMILES string of the molecule is CCCCOC(=O)n1cc(CN2CCN(c3cc[c]([Sn]([CH3])([CH3])[CH3])cn3)CC2)c2cccnc21. The van der Waals surface area contributed by atoms with E-state index in [4.69, 9.17) is 9.72 Å². The first kappa shape index (κ1) is 24.0. The fraction of sp³-hybridized carbons (Fsp3) is 0.480. The minimum Gasteiger partial charge on any atom is -0.238 e. The third-order valence-electron chi connectivity index (χ3n) is 6.27. The summed E-state index contributed by atoms with van der Waals surface area (Å²) in [4.78, 5) is 33.9. The molecule has 0 aliphatic carbocycles. The van der Waals surface area contributed by atoms with E-state index in [2.05, 4.69) is 54.9 Å². The van der Waals surface area contributed by atoms with Gasteiger partial charge in [0.25, 0.3) is 0 Å². The van der Waals surface area contributed by atoms with Crippen molar-refractivity contribution in [2.24, 2.45) is 0 Å². The average molecular weight is 556 g/mol. The molecule has 1 fully saturated rings. The smallest absolute Gasteiger partial charge is 0.238 e. The van der Waals surface area contributed by atoms with E-state index in [-0.39, 0.29) is 6.09 Å². The van der Waals surface area contributed by atoms with Gasteiger partial charge < -0.3 is 4.74 Å². The van der Waals surface area contributed by atoms with Crippen LogP contribution in [0.1, 0.15) is 25.3 Å². The molecule has 0 atom stereocenters. The predicted molar refractivity (Wildman–Crippen MR) is 136 cm³/mol. The van der Waals surface area contributed by atoms with E-state index in [0.717, 1.165) is 62.3 Å². The maximum atomic E-state index is 12.6. The molecule has 3 aromatic heterocycles. The zero-order chi connectivity index (χ0) is 23.4. The molecule has 4 rings (SSSR count). The number of ether oxygens (including phenoxy) is 1. The molecule has 7 nitrogen and oxygen atoms in total. The Morgan fingerprint density at radius 3 is 2.55 bits per heavy atom. The van der Waals surface area contributed by atoms with Crippen molar-refractivity contribution >= 4 is 44.9 Å². The summed E-state index contributed by atoms with van der Waals surface area (Å²) in [6.45, 7) is 7.11. The quantitative estimate of drug-likeness (QED) is 0.323. The van der Waals surface area contributed by atoms with E-state index in [1.54, 1.807) is 10.8 Å². The maximum absolute atomic E-state index is 12.6. The second-order valence-electron chi connectivity index (χ2n) is 9.79. The Bertz CT molecular complexity index is 1080. The minimum absolute atomic E-state index is 0.349. The number of pyridine rings is 2. The van der Waals surface area contributed by atoms with Crippen molar-refractivity contribution < 1.29 is 9.53 Å². The van der Waals surface area contributed by atoms with Crippen LogP contribution in [0.2, 0.25) is 14.8 Å². The number of carbonyl (C=O) groups excluding carboxylic acids is 1. The van der Waals surface area contributed by atoms with Crippen LogP contribution in [0.3, 0.4) is 0 Å². The number of fused-ring (bicyclic) bond motifs is 1. The van der Waals surface area contributed by atoms with Crippen LogP contribution in [0.5, 0.6) is 0 Å². The molecule has 0 spiro atoms. The van der Waals surface area contributed by atoms with E-state index in [9.17, 15) is 4.79 Å². The zero-order valence-electron chi connectivity index (χ0n) is 20.3. The molecule has 1 aliphatic heterocycles. The summed E-state index contributed by atoms with van der Waals surface area (Å²) in [5.74, 6) is 1.07. The molecule has 0 radical (unpaired) electrons. The number of piperazine rings is 1.